The number of pyridine rings is 3. The van der Waals surface area contributed by atoms with Crippen molar-refractivity contribution in [1.82, 2.24) is 15.0 Å². The second-order valence-electron chi connectivity index (χ2n) is 10.5. The SMILES string of the molecule is CC(C)Cc1ccc2c(-c3ccccn3)[c-]c3ccoc3c2n1.Cc1c[c-]c(-c2cc(C)c(C)cn2)cc1C.[Ir]. The number of benzene rings is 2. The zero-order chi connectivity index (χ0) is 27.5. The van der Waals surface area contributed by atoms with Crippen LogP contribution in [0.3, 0.4) is 0 Å². The van der Waals surface area contributed by atoms with Gasteiger partial charge in [-0.15, -0.1) is 41.0 Å². The summed E-state index contributed by atoms with van der Waals surface area (Å²) in [7, 11) is 0. The molecule has 4 nitrogen and oxygen atoms in total. The summed E-state index contributed by atoms with van der Waals surface area (Å²) < 4.78 is 5.67. The van der Waals surface area contributed by atoms with Crippen molar-refractivity contribution in [2.45, 2.75) is 48.0 Å². The van der Waals surface area contributed by atoms with Crippen LogP contribution in [0.2, 0.25) is 0 Å². The van der Waals surface area contributed by atoms with Crippen molar-refractivity contribution >= 4 is 21.9 Å². The summed E-state index contributed by atoms with van der Waals surface area (Å²) in [4.78, 5) is 13.8. The van der Waals surface area contributed by atoms with Gasteiger partial charge in [0.2, 0.25) is 0 Å². The van der Waals surface area contributed by atoms with Crippen LogP contribution in [0.1, 0.15) is 41.8 Å². The van der Waals surface area contributed by atoms with Crippen LogP contribution in [-0.2, 0) is 26.5 Å². The van der Waals surface area contributed by atoms with Gasteiger partial charge in [0.25, 0.3) is 0 Å². The Labute approximate surface area is 250 Å². The third kappa shape index (κ3) is 6.38. The van der Waals surface area contributed by atoms with E-state index in [0.717, 1.165) is 56.5 Å². The van der Waals surface area contributed by atoms with Gasteiger partial charge < -0.3 is 9.40 Å². The Balaban J connectivity index is 0.000000192. The van der Waals surface area contributed by atoms with E-state index in [0.29, 0.717) is 5.92 Å². The van der Waals surface area contributed by atoms with E-state index in [1.165, 1.54) is 22.3 Å². The molecule has 0 saturated heterocycles. The van der Waals surface area contributed by atoms with Crippen molar-refractivity contribution in [2.24, 2.45) is 5.92 Å². The molecule has 2 aromatic carbocycles. The molecule has 0 amide bonds. The van der Waals surface area contributed by atoms with E-state index in [2.05, 4.69) is 87.9 Å². The molecule has 1 radical (unpaired) electrons. The van der Waals surface area contributed by atoms with E-state index in [4.69, 9.17) is 9.40 Å². The van der Waals surface area contributed by atoms with Crippen molar-refractivity contribution in [3.05, 3.63) is 113 Å². The van der Waals surface area contributed by atoms with Crippen molar-refractivity contribution in [1.29, 1.82) is 0 Å². The number of aromatic nitrogens is 3. The summed E-state index contributed by atoms with van der Waals surface area (Å²) in [5.74, 6) is 0.567. The van der Waals surface area contributed by atoms with E-state index >= 15 is 0 Å². The van der Waals surface area contributed by atoms with Gasteiger partial charge in [0.15, 0.2) is 0 Å². The molecule has 0 aliphatic rings. The van der Waals surface area contributed by atoms with Gasteiger partial charge >= 0.3 is 0 Å². The Morgan fingerprint density at radius 2 is 1.65 bits per heavy atom. The molecule has 0 unspecified atom stereocenters. The number of furan rings is 1. The molecule has 4 aromatic heterocycles. The Kier molecular flexibility index (Phi) is 9.29. The summed E-state index contributed by atoms with van der Waals surface area (Å²) in [6.07, 6.45) is 6.37. The fourth-order valence-corrected chi connectivity index (χ4v) is 4.50. The minimum atomic E-state index is 0. The van der Waals surface area contributed by atoms with Gasteiger partial charge in [-0.3, -0.25) is 9.97 Å². The van der Waals surface area contributed by atoms with E-state index in [9.17, 15) is 0 Å². The molecule has 0 N–H and O–H groups in total. The Morgan fingerprint density at radius 3 is 2.35 bits per heavy atom. The molecule has 0 bridgehead atoms. The molecule has 0 aliphatic heterocycles. The first kappa shape index (κ1) is 29.3. The molecule has 6 rings (SSSR count). The average Bonchev–Trinajstić information content (AvgIpc) is 3.41. The molecule has 0 fully saturated rings. The van der Waals surface area contributed by atoms with Gasteiger partial charge in [0.05, 0.1) is 5.58 Å². The van der Waals surface area contributed by atoms with Crippen LogP contribution in [0.15, 0.2) is 77.7 Å². The molecule has 0 atom stereocenters. The van der Waals surface area contributed by atoms with Crippen molar-refractivity contribution in [3.8, 4) is 22.5 Å². The number of hydrogen-bond acceptors (Lipinski definition) is 4. The predicted molar refractivity (Wildman–Crippen MR) is 160 cm³/mol. The van der Waals surface area contributed by atoms with E-state index < -0.39 is 0 Å². The third-order valence-electron chi connectivity index (χ3n) is 6.98. The maximum Gasteiger partial charge on any atom is 0.0847 e. The first-order chi connectivity index (χ1) is 18.8. The average molecular weight is 704 g/mol. The smallest absolute Gasteiger partial charge is 0.0847 e. The summed E-state index contributed by atoms with van der Waals surface area (Å²) in [5.41, 5.74) is 11.8. The van der Waals surface area contributed by atoms with E-state index in [1.54, 1.807) is 12.5 Å². The predicted octanol–water partition coefficient (Wildman–Crippen LogP) is 8.82. The molecule has 205 valence electrons. The van der Waals surface area contributed by atoms with Gasteiger partial charge in [-0.05, 0) is 49.6 Å². The van der Waals surface area contributed by atoms with Crippen LogP contribution in [0.5, 0.6) is 0 Å². The van der Waals surface area contributed by atoms with Crippen molar-refractivity contribution < 1.29 is 24.5 Å². The summed E-state index contributed by atoms with van der Waals surface area (Å²) in [6.45, 7) is 12.8. The molecule has 0 aliphatic carbocycles. The van der Waals surface area contributed by atoms with E-state index in [1.807, 2.05) is 36.5 Å². The van der Waals surface area contributed by atoms with Crippen LogP contribution in [0.4, 0.5) is 0 Å². The van der Waals surface area contributed by atoms with Crippen molar-refractivity contribution in [2.75, 3.05) is 0 Å². The molecule has 6 aromatic rings. The van der Waals surface area contributed by atoms with Gasteiger partial charge in [-0.25, -0.2) is 0 Å². The molecule has 0 saturated carbocycles. The van der Waals surface area contributed by atoms with Gasteiger partial charge in [0.1, 0.15) is 0 Å². The Bertz CT molecular complexity index is 1710. The van der Waals surface area contributed by atoms with Crippen LogP contribution >= 0.6 is 0 Å². The molecular formula is C35H33IrN3O-2. The zero-order valence-corrected chi connectivity index (χ0v) is 26.2. The monoisotopic (exact) mass is 704 g/mol. The standard InChI is InChI=1S/C20H17N2O.C15H16N.Ir/c1-13(2)11-15-6-7-16-17(18-5-3-4-9-21-18)12-14-8-10-23-20(14)19(16)22-15;1-10-5-6-14(7-11(10)2)15-8-12(3)13(4)9-16-15;/h3-10,13H,11H2,1-2H3;5,7-9H,1-4H3;/q2*-1;. The summed E-state index contributed by atoms with van der Waals surface area (Å²) in [5, 5.41) is 1.96. The third-order valence-corrected chi connectivity index (χ3v) is 6.98. The fraction of sp³-hybridized carbons (Fsp3) is 0.229. The number of nitrogens with zero attached hydrogens (tertiary/aromatic N) is 3. The summed E-state index contributed by atoms with van der Waals surface area (Å²) >= 11 is 0. The normalized spacial score (nSPS) is 10.9. The Morgan fingerprint density at radius 1 is 0.850 bits per heavy atom. The second kappa shape index (κ2) is 12.7. The molecule has 5 heteroatoms. The first-order valence-corrected chi connectivity index (χ1v) is 13.4. The minimum absolute atomic E-state index is 0. The van der Waals surface area contributed by atoms with Crippen molar-refractivity contribution in [3.63, 3.8) is 0 Å². The number of hydrogen-bond donors (Lipinski definition) is 0. The van der Waals surface area contributed by atoms with Crippen LogP contribution < -0.4 is 0 Å². The zero-order valence-electron chi connectivity index (χ0n) is 23.8. The number of fused-ring (bicyclic) bond motifs is 3. The molecule has 0 spiro atoms. The second-order valence-corrected chi connectivity index (χ2v) is 10.5. The maximum absolute atomic E-state index is 5.67. The first-order valence-electron chi connectivity index (χ1n) is 13.4. The van der Waals surface area contributed by atoms with Gasteiger partial charge in [-0.2, -0.15) is 0 Å². The van der Waals surface area contributed by atoms with Crippen LogP contribution in [0.25, 0.3) is 44.4 Å². The minimum Gasteiger partial charge on any atom is -0.506 e. The van der Waals surface area contributed by atoms with E-state index in [-0.39, 0.29) is 20.1 Å². The summed E-state index contributed by atoms with van der Waals surface area (Å²) in [6, 6.07) is 25.0. The fourth-order valence-electron chi connectivity index (χ4n) is 4.50. The topological polar surface area (TPSA) is 51.8 Å². The number of rotatable bonds is 4. The molecular weight excluding hydrogens is 671 g/mol. The van der Waals surface area contributed by atoms with Crippen LogP contribution in [0, 0.1) is 45.7 Å². The quantitative estimate of drug-likeness (QED) is 0.172. The molecule has 40 heavy (non-hydrogen) atoms. The molecule has 4 heterocycles. The van der Waals surface area contributed by atoms with Crippen LogP contribution in [-0.4, -0.2) is 15.0 Å². The largest absolute Gasteiger partial charge is 0.506 e. The maximum atomic E-state index is 5.67. The van der Waals surface area contributed by atoms with Gasteiger partial charge in [0, 0.05) is 55.7 Å². The number of aryl methyl sites for hydroxylation is 4. The Hall–Kier alpha value is -3.66. The van der Waals surface area contributed by atoms with Gasteiger partial charge in [-0.1, -0.05) is 79.9 Å².